The molecule has 1 amide bonds. The third-order valence-electron chi connectivity index (χ3n) is 4.89. The maximum Gasteiger partial charge on any atom is 0.306 e. The van der Waals surface area contributed by atoms with Gasteiger partial charge in [0.15, 0.2) is 0 Å². The molecule has 1 fully saturated rings. The lowest BCUT2D eigenvalue weighted by atomic mass is 10.1. The summed E-state index contributed by atoms with van der Waals surface area (Å²) in [7, 11) is 0. The van der Waals surface area contributed by atoms with E-state index in [9.17, 15) is 14.4 Å². The Morgan fingerprint density at radius 3 is 2.34 bits per heavy atom. The summed E-state index contributed by atoms with van der Waals surface area (Å²) in [6, 6.07) is 7.17. The summed E-state index contributed by atoms with van der Waals surface area (Å²) in [6.45, 7) is 0.683. The smallest absolute Gasteiger partial charge is 0.306 e. The number of hydrogen-bond donors (Lipinski definition) is 2. The number of unbranched alkanes of at least 4 members (excludes halogenated alkanes) is 6. The summed E-state index contributed by atoms with van der Waals surface area (Å²) < 4.78 is 6.00. The molecule has 0 bridgehead atoms. The summed E-state index contributed by atoms with van der Waals surface area (Å²) in [4.78, 5) is 36.0. The number of benzene rings is 1. The van der Waals surface area contributed by atoms with E-state index in [4.69, 9.17) is 27.2 Å². The predicted octanol–water partition coefficient (Wildman–Crippen LogP) is 4.95. The molecule has 32 heavy (non-hydrogen) atoms. The monoisotopic (exact) mass is 479 g/mol. The molecule has 2 rings (SSSR count). The third kappa shape index (κ3) is 9.40. The molecule has 1 heterocycles. The van der Waals surface area contributed by atoms with Crippen LogP contribution < -0.4 is 4.74 Å². The lowest BCUT2D eigenvalue weighted by molar-refractivity contribution is -0.138. The highest BCUT2D eigenvalue weighted by Crippen LogP contribution is 2.33. The molecule has 1 aromatic carbocycles. The molecule has 1 saturated heterocycles. The van der Waals surface area contributed by atoms with E-state index >= 15 is 0 Å². The zero-order valence-electron chi connectivity index (χ0n) is 18.0. The number of ether oxygens (including phenoxy) is 1. The third-order valence-corrected chi connectivity index (χ3v) is 6.26. The van der Waals surface area contributed by atoms with E-state index in [2.05, 4.69) is 0 Å². The van der Waals surface area contributed by atoms with Crippen molar-refractivity contribution in [1.82, 2.24) is 4.90 Å². The molecule has 1 aromatic rings. The fourth-order valence-corrected chi connectivity index (χ4v) is 4.53. The first-order chi connectivity index (χ1) is 15.4. The molecule has 0 aromatic heterocycles. The van der Waals surface area contributed by atoms with Gasteiger partial charge in [-0.15, -0.1) is 0 Å². The van der Waals surface area contributed by atoms with Crippen LogP contribution in [0.4, 0.5) is 0 Å². The average Bonchev–Trinajstić information content (AvgIpc) is 2.99. The normalized spacial score (nSPS) is 14.9. The van der Waals surface area contributed by atoms with Crippen LogP contribution in [0.3, 0.4) is 0 Å². The average molecular weight is 480 g/mol. The molecule has 1 aliphatic heterocycles. The first kappa shape index (κ1) is 25.9. The van der Waals surface area contributed by atoms with Crippen LogP contribution in [-0.4, -0.2) is 50.4 Å². The van der Waals surface area contributed by atoms with E-state index in [1.807, 2.05) is 6.07 Å². The van der Waals surface area contributed by atoms with E-state index in [0.717, 1.165) is 50.5 Å². The van der Waals surface area contributed by atoms with Crippen molar-refractivity contribution in [3.8, 4) is 5.75 Å². The first-order valence-corrected chi connectivity index (χ1v) is 12.0. The van der Waals surface area contributed by atoms with Crippen LogP contribution in [0.1, 0.15) is 63.4 Å². The number of nitrogens with zero attached hydrogens (tertiary/aromatic N) is 1. The Labute approximate surface area is 197 Å². The topological polar surface area (TPSA) is 104 Å². The molecule has 2 N–H and O–H groups in total. The van der Waals surface area contributed by atoms with Gasteiger partial charge in [-0.3, -0.25) is 19.3 Å². The van der Waals surface area contributed by atoms with Gasteiger partial charge in [-0.1, -0.05) is 68.2 Å². The van der Waals surface area contributed by atoms with Crippen LogP contribution in [0.15, 0.2) is 29.2 Å². The van der Waals surface area contributed by atoms with Crippen molar-refractivity contribution in [2.24, 2.45) is 0 Å². The second kappa shape index (κ2) is 13.9. The van der Waals surface area contributed by atoms with Crippen LogP contribution in [0, 0.1) is 0 Å². The number of rotatable bonds is 15. The van der Waals surface area contributed by atoms with Crippen molar-refractivity contribution >= 4 is 52.2 Å². The van der Waals surface area contributed by atoms with Crippen LogP contribution in [0.25, 0.3) is 6.08 Å². The van der Waals surface area contributed by atoms with Gasteiger partial charge < -0.3 is 14.9 Å². The van der Waals surface area contributed by atoms with Crippen LogP contribution in [-0.2, 0) is 14.4 Å². The maximum atomic E-state index is 12.8. The zero-order chi connectivity index (χ0) is 23.3. The summed E-state index contributed by atoms with van der Waals surface area (Å²) >= 11 is 6.67. The van der Waals surface area contributed by atoms with Crippen LogP contribution in [0.2, 0.25) is 0 Å². The van der Waals surface area contributed by atoms with Crippen LogP contribution >= 0.6 is 24.0 Å². The summed E-state index contributed by atoms with van der Waals surface area (Å²) in [6.07, 6.45) is 8.67. The van der Waals surface area contributed by atoms with Gasteiger partial charge in [0.2, 0.25) is 0 Å². The highest BCUT2D eigenvalue weighted by molar-refractivity contribution is 8.26. The molecule has 0 radical (unpaired) electrons. The number of thiocarbonyl (C=S) groups is 1. The highest BCUT2D eigenvalue weighted by Gasteiger charge is 2.31. The first-order valence-electron chi connectivity index (χ1n) is 10.8. The van der Waals surface area contributed by atoms with Crippen molar-refractivity contribution in [3.63, 3.8) is 0 Å². The molecule has 0 unspecified atom stereocenters. The lowest BCUT2D eigenvalue weighted by Gasteiger charge is -2.14. The molecular formula is C23H29NO6S2. The number of amides is 1. The standard InChI is InChI=1S/C23H29NO6S2/c25-20(26)11-6-4-2-1-3-5-7-13-24-22(29)19(32-23(24)31)16-17-9-8-10-18(15-17)30-14-12-21(27)28/h8-10,15-16H,1-7,11-14H2,(H,25,26)(H,27,28)/b19-16-. The fourth-order valence-electron chi connectivity index (χ4n) is 3.22. The Hall–Kier alpha value is -2.39. The Bertz CT molecular complexity index is 855. The van der Waals surface area contributed by atoms with Gasteiger partial charge in [0.05, 0.1) is 17.9 Å². The SMILES string of the molecule is O=C(O)CCCCCCCCCN1C(=O)/C(=C/c2cccc(OCCC(=O)O)c2)SC1=S. The number of carbonyl (C=O) groups excluding carboxylic acids is 1. The second-order valence-electron chi connectivity index (χ2n) is 7.52. The van der Waals surface area contributed by atoms with Crippen molar-refractivity contribution in [2.75, 3.05) is 13.2 Å². The molecule has 1 aliphatic rings. The minimum atomic E-state index is -0.916. The molecule has 0 aliphatic carbocycles. The Kier molecular flexibility index (Phi) is 11.2. The van der Waals surface area contributed by atoms with Gasteiger partial charge in [-0.05, 0) is 36.6 Å². The van der Waals surface area contributed by atoms with Gasteiger partial charge in [-0.2, -0.15) is 0 Å². The second-order valence-corrected chi connectivity index (χ2v) is 9.19. The van der Waals surface area contributed by atoms with Gasteiger partial charge in [0.25, 0.3) is 5.91 Å². The number of carboxylic acid groups (broad SMARTS) is 2. The molecule has 7 nitrogen and oxygen atoms in total. The van der Waals surface area contributed by atoms with Crippen molar-refractivity contribution in [1.29, 1.82) is 0 Å². The summed E-state index contributed by atoms with van der Waals surface area (Å²) in [5.74, 6) is -1.19. The molecular weight excluding hydrogens is 450 g/mol. The minimum absolute atomic E-state index is 0.0758. The van der Waals surface area contributed by atoms with Crippen molar-refractivity contribution in [2.45, 2.75) is 57.8 Å². The zero-order valence-corrected chi connectivity index (χ0v) is 19.6. The maximum absolute atomic E-state index is 12.8. The van der Waals surface area contributed by atoms with E-state index in [1.54, 1.807) is 29.2 Å². The Balaban J connectivity index is 1.75. The quantitative estimate of drug-likeness (QED) is 0.207. The highest BCUT2D eigenvalue weighted by atomic mass is 32.2. The van der Waals surface area contributed by atoms with Crippen molar-refractivity contribution < 1.29 is 29.3 Å². The predicted molar refractivity (Wildman–Crippen MR) is 129 cm³/mol. The molecule has 9 heteroatoms. The number of aliphatic carboxylic acids is 2. The fraction of sp³-hybridized carbons (Fsp3) is 0.478. The van der Waals surface area contributed by atoms with E-state index in [-0.39, 0.29) is 25.4 Å². The van der Waals surface area contributed by atoms with Crippen LogP contribution in [0.5, 0.6) is 5.75 Å². The number of thioether (sulfide) groups is 1. The summed E-state index contributed by atoms with van der Waals surface area (Å²) in [5, 5.41) is 17.3. The molecule has 0 spiro atoms. The van der Waals surface area contributed by atoms with Gasteiger partial charge >= 0.3 is 11.9 Å². The van der Waals surface area contributed by atoms with E-state index in [1.165, 1.54) is 11.8 Å². The Morgan fingerprint density at radius 1 is 1.00 bits per heavy atom. The molecule has 0 saturated carbocycles. The van der Waals surface area contributed by atoms with Gasteiger partial charge in [0.1, 0.15) is 10.1 Å². The summed E-state index contributed by atoms with van der Waals surface area (Å²) in [5.41, 5.74) is 0.793. The minimum Gasteiger partial charge on any atom is -0.493 e. The van der Waals surface area contributed by atoms with Gasteiger partial charge in [-0.25, -0.2) is 0 Å². The van der Waals surface area contributed by atoms with E-state index < -0.39 is 11.9 Å². The van der Waals surface area contributed by atoms with Gasteiger partial charge in [0, 0.05) is 13.0 Å². The number of carboxylic acids is 2. The number of hydrogen-bond acceptors (Lipinski definition) is 6. The van der Waals surface area contributed by atoms with Crippen molar-refractivity contribution in [3.05, 3.63) is 34.7 Å². The largest absolute Gasteiger partial charge is 0.493 e. The molecule has 0 atom stereocenters. The number of carbonyl (C=O) groups is 3. The van der Waals surface area contributed by atoms with E-state index in [0.29, 0.717) is 21.5 Å². The lowest BCUT2D eigenvalue weighted by Crippen LogP contribution is -2.29. The molecule has 174 valence electrons. The Morgan fingerprint density at radius 2 is 1.66 bits per heavy atom.